The molecule has 25 heavy (non-hydrogen) atoms. The summed E-state index contributed by atoms with van der Waals surface area (Å²) in [6.45, 7) is 2.79. The van der Waals surface area contributed by atoms with Crippen LogP contribution in [-0.4, -0.2) is 26.7 Å². The van der Waals surface area contributed by atoms with Gasteiger partial charge in [-0.2, -0.15) is 0 Å². The Bertz CT molecular complexity index is 747. The molecule has 5 nitrogen and oxygen atoms in total. The zero-order chi connectivity index (χ0) is 18.2. The number of halogens is 1. The third-order valence-corrected chi connectivity index (χ3v) is 3.82. The highest BCUT2D eigenvalue weighted by Gasteiger charge is 2.04. The zero-order valence-electron chi connectivity index (χ0n) is 14.8. The molecule has 0 heterocycles. The maximum Gasteiger partial charge on any atom is 0.188 e. The van der Waals surface area contributed by atoms with Crippen LogP contribution in [0.1, 0.15) is 16.7 Å². The minimum atomic E-state index is -0.214. The van der Waals surface area contributed by atoms with E-state index in [9.17, 15) is 4.39 Å². The number of methoxy groups -OCH3 is 2. The van der Waals surface area contributed by atoms with Gasteiger partial charge in [0, 0.05) is 6.54 Å². The van der Waals surface area contributed by atoms with Crippen molar-refractivity contribution in [3.05, 3.63) is 58.9 Å². The Balaban J connectivity index is 1.85. The monoisotopic (exact) mass is 345 g/mol. The van der Waals surface area contributed by atoms with Crippen LogP contribution in [0.4, 0.5) is 4.39 Å². The molecule has 6 heteroatoms. The van der Waals surface area contributed by atoms with Crippen molar-refractivity contribution < 1.29 is 13.9 Å². The van der Waals surface area contributed by atoms with Crippen LogP contribution >= 0.6 is 0 Å². The number of rotatable bonds is 7. The molecule has 0 aliphatic carbocycles. The van der Waals surface area contributed by atoms with Crippen molar-refractivity contribution >= 4 is 5.96 Å². The largest absolute Gasteiger partial charge is 0.493 e. The minimum Gasteiger partial charge on any atom is -0.493 e. The van der Waals surface area contributed by atoms with Gasteiger partial charge in [-0.1, -0.05) is 18.2 Å². The van der Waals surface area contributed by atoms with Crippen molar-refractivity contribution in [1.82, 2.24) is 5.32 Å². The average Bonchev–Trinajstić information content (AvgIpc) is 2.62. The number of benzene rings is 2. The first-order valence-electron chi connectivity index (χ1n) is 8.03. The van der Waals surface area contributed by atoms with Crippen LogP contribution in [0.2, 0.25) is 0 Å². The van der Waals surface area contributed by atoms with Gasteiger partial charge < -0.3 is 20.5 Å². The van der Waals surface area contributed by atoms with Crippen molar-refractivity contribution in [1.29, 1.82) is 0 Å². The summed E-state index contributed by atoms with van der Waals surface area (Å²) < 4.78 is 23.7. The molecular weight excluding hydrogens is 321 g/mol. The maximum atomic E-state index is 13.2. The zero-order valence-corrected chi connectivity index (χ0v) is 14.8. The van der Waals surface area contributed by atoms with E-state index in [2.05, 4.69) is 10.3 Å². The van der Waals surface area contributed by atoms with E-state index >= 15 is 0 Å². The van der Waals surface area contributed by atoms with E-state index in [-0.39, 0.29) is 5.82 Å². The number of nitrogens with one attached hydrogen (secondary N) is 1. The Morgan fingerprint density at radius 2 is 1.80 bits per heavy atom. The molecule has 0 unspecified atom stereocenters. The van der Waals surface area contributed by atoms with Crippen molar-refractivity contribution in [3.8, 4) is 11.5 Å². The van der Waals surface area contributed by atoms with E-state index < -0.39 is 0 Å². The lowest BCUT2D eigenvalue weighted by atomic mass is 10.1. The molecule has 0 atom stereocenters. The van der Waals surface area contributed by atoms with Gasteiger partial charge in [0.2, 0.25) is 0 Å². The van der Waals surface area contributed by atoms with Crippen LogP contribution in [0.3, 0.4) is 0 Å². The third kappa shape index (κ3) is 5.38. The summed E-state index contributed by atoms with van der Waals surface area (Å²) in [7, 11) is 3.22. The first-order chi connectivity index (χ1) is 12.0. The van der Waals surface area contributed by atoms with Crippen molar-refractivity contribution in [2.24, 2.45) is 10.7 Å². The number of hydrogen-bond acceptors (Lipinski definition) is 3. The third-order valence-electron chi connectivity index (χ3n) is 3.82. The molecule has 2 rings (SSSR count). The quantitative estimate of drug-likeness (QED) is 0.598. The Kier molecular flexibility index (Phi) is 6.62. The van der Waals surface area contributed by atoms with Crippen molar-refractivity contribution in [3.63, 3.8) is 0 Å². The number of nitrogens with two attached hydrogens (primary N) is 1. The molecule has 0 saturated carbocycles. The molecule has 0 aliphatic heterocycles. The number of aryl methyl sites for hydroxylation is 1. The molecule has 0 aliphatic rings. The highest BCUT2D eigenvalue weighted by atomic mass is 19.1. The SMILES string of the molecule is COc1ccc(CCNC(N)=NCc2ccc(F)c(C)c2)cc1OC. The van der Waals surface area contributed by atoms with Crippen molar-refractivity contribution in [2.45, 2.75) is 19.9 Å². The Hall–Kier alpha value is -2.76. The van der Waals surface area contributed by atoms with Gasteiger partial charge in [0.1, 0.15) is 5.82 Å². The van der Waals surface area contributed by atoms with Gasteiger partial charge in [-0.15, -0.1) is 0 Å². The second kappa shape index (κ2) is 8.92. The highest BCUT2D eigenvalue weighted by Crippen LogP contribution is 2.27. The average molecular weight is 345 g/mol. The summed E-state index contributed by atoms with van der Waals surface area (Å²) >= 11 is 0. The Labute approximate surface area is 147 Å². The van der Waals surface area contributed by atoms with Crippen LogP contribution in [-0.2, 0) is 13.0 Å². The van der Waals surface area contributed by atoms with Gasteiger partial charge in [-0.25, -0.2) is 9.38 Å². The topological polar surface area (TPSA) is 68.9 Å². The fourth-order valence-corrected chi connectivity index (χ4v) is 2.41. The smallest absolute Gasteiger partial charge is 0.188 e. The molecule has 0 bridgehead atoms. The van der Waals surface area contributed by atoms with Crippen LogP contribution in [0.25, 0.3) is 0 Å². The second-order valence-corrected chi connectivity index (χ2v) is 5.65. The molecule has 2 aromatic carbocycles. The number of aliphatic imine (C=N–C) groups is 1. The van der Waals surface area contributed by atoms with Gasteiger partial charge in [0.15, 0.2) is 17.5 Å². The fraction of sp³-hybridized carbons (Fsp3) is 0.316. The van der Waals surface area contributed by atoms with E-state index in [4.69, 9.17) is 15.2 Å². The van der Waals surface area contributed by atoms with Crippen LogP contribution in [0.5, 0.6) is 11.5 Å². The molecule has 3 N–H and O–H groups in total. The summed E-state index contributed by atoms with van der Waals surface area (Å²) in [5.41, 5.74) is 8.50. The summed E-state index contributed by atoms with van der Waals surface area (Å²) in [5, 5.41) is 3.08. The van der Waals surface area contributed by atoms with Gasteiger partial charge in [0.25, 0.3) is 0 Å². The highest BCUT2D eigenvalue weighted by molar-refractivity contribution is 5.77. The van der Waals surface area contributed by atoms with Crippen LogP contribution in [0.15, 0.2) is 41.4 Å². The van der Waals surface area contributed by atoms with E-state index in [1.165, 1.54) is 6.07 Å². The Morgan fingerprint density at radius 3 is 2.48 bits per heavy atom. The van der Waals surface area contributed by atoms with Gasteiger partial charge in [0.05, 0.1) is 20.8 Å². The lowest BCUT2D eigenvalue weighted by molar-refractivity contribution is 0.354. The number of hydrogen-bond donors (Lipinski definition) is 2. The molecular formula is C19H24FN3O2. The van der Waals surface area contributed by atoms with Gasteiger partial charge in [-0.05, 0) is 48.2 Å². The van der Waals surface area contributed by atoms with E-state index in [0.29, 0.717) is 36.1 Å². The van der Waals surface area contributed by atoms with E-state index in [0.717, 1.165) is 17.5 Å². The van der Waals surface area contributed by atoms with Gasteiger partial charge >= 0.3 is 0 Å². The fourth-order valence-electron chi connectivity index (χ4n) is 2.41. The molecule has 0 aromatic heterocycles. The standard InChI is InChI=1S/C19H24FN3O2/c1-13-10-15(4-6-16(13)20)12-23-19(21)22-9-8-14-5-7-17(24-2)18(11-14)25-3/h4-7,10-11H,8-9,12H2,1-3H3,(H3,21,22,23). The predicted octanol–water partition coefficient (Wildman–Crippen LogP) is 2.80. The van der Waals surface area contributed by atoms with Crippen LogP contribution < -0.4 is 20.5 Å². The molecule has 0 amide bonds. The first kappa shape index (κ1) is 18.6. The molecule has 0 spiro atoms. The second-order valence-electron chi connectivity index (χ2n) is 5.65. The summed E-state index contributed by atoms with van der Waals surface area (Å²) in [5.74, 6) is 1.55. The molecule has 0 saturated heterocycles. The number of guanidine groups is 1. The van der Waals surface area contributed by atoms with E-state index in [1.54, 1.807) is 33.3 Å². The normalized spacial score (nSPS) is 11.3. The molecule has 2 aromatic rings. The first-order valence-corrected chi connectivity index (χ1v) is 8.03. The Morgan fingerprint density at radius 1 is 1.08 bits per heavy atom. The summed E-state index contributed by atoms with van der Waals surface area (Å²) in [6.07, 6.45) is 0.770. The minimum absolute atomic E-state index is 0.214. The summed E-state index contributed by atoms with van der Waals surface area (Å²) in [6, 6.07) is 10.7. The van der Waals surface area contributed by atoms with Crippen LogP contribution in [0, 0.1) is 12.7 Å². The predicted molar refractivity (Wildman–Crippen MR) is 97.7 cm³/mol. The molecule has 134 valence electrons. The summed E-state index contributed by atoms with van der Waals surface area (Å²) in [4.78, 5) is 4.27. The number of ether oxygens (including phenoxy) is 2. The van der Waals surface area contributed by atoms with Crippen molar-refractivity contribution in [2.75, 3.05) is 20.8 Å². The van der Waals surface area contributed by atoms with Gasteiger partial charge in [-0.3, -0.25) is 0 Å². The lowest BCUT2D eigenvalue weighted by Crippen LogP contribution is -2.33. The number of nitrogens with zero attached hydrogens (tertiary/aromatic N) is 1. The maximum absolute atomic E-state index is 13.2. The van der Waals surface area contributed by atoms with E-state index in [1.807, 2.05) is 18.2 Å². The lowest BCUT2D eigenvalue weighted by Gasteiger charge is -2.10. The molecule has 0 fully saturated rings. The molecule has 0 radical (unpaired) electrons.